The van der Waals surface area contributed by atoms with E-state index in [2.05, 4.69) is 367 Å². The van der Waals surface area contributed by atoms with Crippen molar-refractivity contribution in [3.05, 3.63) is 327 Å². The summed E-state index contributed by atoms with van der Waals surface area (Å²) in [5.41, 5.74) is 23.9. The van der Waals surface area contributed by atoms with Gasteiger partial charge in [-0.2, -0.15) is 0 Å². The van der Waals surface area contributed by atoms with Gasteiger partial charge in [0.25, 0.3) is 6.71 Å². The number of rotatable bonds is 9. The molecule has 3 heterocycles. The summed E-state index contributed by atoms with van der Waals surface area (Å²) < 4.78 is 0. The lowest BCUT2D eigenvalue weighted by Gasteiger charge is -2.45. The smallest absolute Gasteiger partial charge is 0.252 e. The van der Waals surface area contributed by atoms with Crippen molar-refractivity contribution in [2.45, 2.75) is 52.4 Å². The molecule has 0 fully saturated rings. The van der Waals surface area contributed by atoms with E-state index in [1.54, 1.807) is 0 Å². The average molecular weight is 1270 g/mol. The highest BCUT2D eigenvalue weighted by atomic mass is 15.2. The molecule has 0 unspecified atom stereocenters. The summed E-state index contributed by atoms with van der Waals surface area (Å²) in [7, 11) is 0. The largest absolute Gasteiger partial charge is 0.311 e. The third-order valence-electron chi connectivity index (χ3n) is 20.5. The summed E-state index contributed by atoms with van der Waals surface area (Å²) >= 11 is 0. The summed E-state index contributed by atoms with van der Waals surface area (Å²) in [6.45, 7) is 13.6. The minimum absolute atomic E-state index is 0.0709. The molecule has 6 heteroatoms. The predicted molar refractivity (Wildman–Crippen MR) is 419 cm³/mol. The molecule has 2 aliphatic rings. The zero-order valence-corrected chi connectivity index (χ0v) is 56.3. The highest BCUT2D eigenvalue weighted by molar-refractivity contribution is 7.00. The lowest BCUT2D eigenvalue weighted by molar-refractivity contribution is 0.590. The third kappa shape index (κ3) is 10.5. The molecule has 2 aliphatic heterocycles. The van der Waals surface area contributed by atoms with E-state index >= 15 is 0 Å². The standard InChI is InChI=1S/C93H70BN5/c1-92(2,3)74-39-43-76(44-40-74)98-84-53-65-37-35-63-31-19-21-33-78(63)80(65)57-82(84)94-83-58-81-66(38-36-64-32-20-22-34-79(64)81)54-85(83)99(77-45-41-75(42-46-77)93(4,5)6)87-56-73(55-86(98)88(87)94)91-96-89(71-49-67(59-23-11-7-12-24-59)47-68(50-71)60-25-13-8-14-26-60)95-90(97-91)72-51-69(61-27-15-9-16-28-61)48-70(52-72)62-29-17-10-18-30-62/h7-58H,1-6H3. The molecule has 0 aliphatic carbocycles. The molecule has 0 saturated carbocycles. The van der Waals surface area contributed by atoms with Crippen molar-refractivity contribution in [3.8, 4) is 78.7 Å². The minimum atomic E-state index is -0.213. The second-order valence-electron chi connectivity index (χ2n) is 28.8. The van der Waals surface area contributed by atoms with Crippen LogP contribution in [0.15, 0.2) is 315 Å². The maximum absolute atomic E-state index is 5.83. The van der Waals surface area contributed by atoms with Gasteiger partial charge in [0, 0.05) is 50.8 Å². The maximum Gasteiger partial charge on any atom is 0.252 e. The predicted octanol–water partition coefficient (Wildman–Crippen LogP) is 22.8. The fourth-order valence-electron chi connectivity index (χ4n) is 15.4. The van der Waals surface area contributed by atoms with Gasteiger partial charge in [-0.15, -0.1) is 0 Å². The molecule has 18 rings (SSSR count). The number of benzene rings is 15. The Morgan fingerprint density at radius 3 is 0.889 bits per heavy atom. The lowest BCUT2D eigenvalue weighted by atomic mass is 9.33. The van der Waals surface area contributed by atoms with Gasteiger partial charge < -0.3 is 9.80 Å². The number of hydrogen-bond donors (Lipinski definition) is 0. The van der Waals surface area contributed by atoms with Gasteiger partial charge in [-0.3, -0.25) is 0 Å². The molecule has 0 N–H and O–H groups in total. The van der Waals surface area contributed by atoms with E-state index in [4.69, 9.17) is 15.0 Å². The second-order valence-corrected chi connectivity index (χ2v) is 28.8. The fraction of sp³-hybridized carbons (Fsp3) is 0.0860. The Labute approximate surface area is 579 Å². The number of anilines is 6. The van der Waals surface area contributed by atoms with E-state index in [9.17, 15) is 0 Å². The first-order valence-corrected chi connectivity index (χ1v) is 34.5. The number of fused-ring (bicyclic) bond motifs is 10. The fourth-order valence-corrected chi connectivity index (χ4v) is 15.4. The molecule has 5 nitrogen and oxygen atoms in total. The number of aromatic nitrogens is 3. The summed E-state index contributed by atoms with van der Waals surface area (Å²) in [6.07, 6.45) is 0. The normalized spacial score (nSPS) is 12.7. The van der Waals surface area contributed by atoms with E-state index in [0.717, 1.165) is 95.3 Å². The van der Waals surface area contributed by atoms with Crippen LogP contribution in [0.3, 0.4) is 0 Å². The van der Waals surface area contributed by atoms with Crippen molar-refractivity contribution in [2.24, 2.45) is 0 Å². The van der Waals surface area contributed by atoms with Gasteiger partial charge in [0.1, 0.15) is 0 Å². The van der Waals surface area contributed by atoms with Crippen molar-refractivity contribution in [1.29, 1.82) is 0 Å². The van der Waals surface area contributed by atoms with Crippen LogP contribution in [0.2, 0.25) is 0 Å². The van der Waals surface area contributed by atoms with Crippen molar-refractivity contribution in [2.75, 3.05) is 9.80 Å². The van der Waals surface area contributed by atoms with Gasteiger partial charge in [0.15, 0.2) is 17.5 Å². The van der Waals surface area contributed by atoms with Crippen LogP contribution >= 0.6 is 0 Å². The summed E-state index contributed by atoms with van der Waals surface area (Å²) in [5.74, 6) is 1.69. The SMILES string of the molecule is CC(C)(C)c1ccc(N2c3cc4ccc5ccccc5c4cc3B3c4cc5c(ccc6ccccc65)cc4N(c4ccc(C(C)(C)C)cc4)c4cc(-c5nc(-c6cc(-c7ccccc7)cc(-c7ccccc7)c6)nc(-c6cc(-c7ccccc7)cc(-c7ccccc7)c6)n5)cc2c43)cc1. The Morgan fingerprint density at radius 1 is 0.242 bits per heavy atom. The summed E-state index contributed by atoms with van der Waals surface area (Å²) in [5, 5.41) is 9.72. The van der Waals surface area contributed by atoms with Crippen LogP contribution in [0.4, 0.5) is 34.1 Å². The van der Waals surface area contributed by atoms with Crippen molar-refractivity contribution < 1.29 is 0 Å². The van der Waals surface area contributed by atoms with Gasteiger partial charge in [0.2, 0.25) is 0 Å². The molecule has 470 valence electrons. The Morgan fingerprint density at radius 2 is 0.545 bits per heavy atom. The highest BCUT2D eigenvalue weighted by Gasteiger charge is 2.45. The van der Waals surface area contributed by atoms with Gasteiger partial charge in [-0.1, -0.05) is 272 Å². The van der Waals surface area contributed by atoms with E-state index < -0.39 is 0 Å². The van der Waals surface area contributed by atoms with Gasteiger partial charge in [-0.25, -0.2) is 15.0 Å². The van der Waals surface area contributed by atoms with Crippen LogP contribution in [0, 0.1) is 0 Å². The first-order chi connectivity index (χ1) is 48.3. The molecule has 0 radical (unpaired) electrons. The van der Waals surface area contributed by atoms with Crippen LogP contribution < -0.4 is 26.2 Å². The molecule has 0 amide bonds. The Bertz CT molecular complexity index is 5390. The number of nitrogens with zero attached hydrogens (tertiary/aromatic N) is 5. The van der Waals surface area contributed by atoms with Gasteiger partial charge in [-0.05, 0) is 211 Å². The van der Waals surface area contributed by atoms with Gasteiger partial charge in [0.05, 0.1) is 0 Å². The molecule has 99 heavy (non-hydrogen) atoms. The van der Waals surface area contributed by atoms with Crippen LogP contribution in [0.25, 0.3) is 122 Å². The number of hydrogen-bond acceptors (Lipinski definition) is 5. The molecular formula is C93H70BN5. The van der Waals surface area contributed by atoms with E-state index in [1.165, 1.54) is 70.6 Å². The highest BCUT2D eigenvalue weighted by Crippen LogP contribution is 2.49. The molecule has 0 bridgehead atoms. The van der Waals surface area contributed by atoms with Gasteiger partial charge >= 0.3 is 0 Å². The van der Waals surface area contributed by atoms with Crippen molar-refractivity contribution in [1.82, 2.24) is 15.0 Å². The molecule has 1 aromatic heterocycles. The zero-order chi connectivity index (χ0) is 66.7. The molecule has 15 aromatic carbocycles. The first-order valence-electron chi connectivity index (χ1n) is 34.5. The Balaban J connectivity index is 0.971. The second kappa shape index (κ2) is 23.4. The molecule has 0 atom stereocenters. The topological polar surface area (TPSA) is 45.2 Å². The quantitative estimate of drug-likeness (QED) is 0.106. The zero-order valence-electron chi connectivity index (χ0n) is 56.3. The third-order valence-corrected chi connectivity index (χ3v) is 20.5. The maximum atomic E-state index is 5.83. The van der Waals surface area contributed by atoms with Crippen LogP contribution in [0.1, 0.15) is 52.7 Å². The van der Waals surface area contributed by atoms with E-state index in [0.29, 0.717) is 17.5 Å². The first kappa shape index (κ1) is 59.5. The van der Waals surface area contributed by atoms with Crippen LogP contribution in [-0.4, -0.2) is 21.7 Å². The average Bonchev–Trinajstić information content (AvgIpc) is 0.689. The van der Waals surface area contributed by atoms with E-state index in [-0.39, 0.29) is 17.5 Å². The van der Waals surface area contributed by atoms with E-state index in [1.807, 2.05) is 0 Å². The lowest BCUT2D eigenvalue weighted by Crippen LogP contribution is -2.61. The van der Waals surface area contributed by atoms with Crippen LogP contribution in [0.5, 0.6) is 0 Å². The van der Waals surface area contributed by atoms with Crippen LogP contribution in [-0.2, 0) is 10.8 Å². The Kier molecular flexibility index (Phi) is 14.1. The molecule has 0 saturated heterocycles. The molecule has 0 spiro atoms. The van der Waals surface area contributed by atoms with Crippen molar-refractivity contribution >= 4 is 100 Å². The Hall–Kier alpha value is -12.0. The molecular weight excluding hydrogens is 1200 g/mol. The summed E-state index contributed by atoms with van der Waals surface area (Å²) in [4.78, 5) is 22.5. The molecule has 16 aromatic rings. The monoisotopic (exact) mass is 1270 g/mol. The minimum Gasteiger partial charge on any atom is -0.311 e. The summed E-state index contributed by atoms with van der Waals surface area (Å²) in [6, 6.07) is 117. The van der Waals surface area contributed by atoms with Crippen molar-refractivity contribution in [3.63, 3.8) is 0 Å².